The van der Waals surface area contributed by atoms with E-state index in [1.807, 2.05) is 35.7 Å². The van der Waals surface area contributed by atoms with Crippen molar-refractivity contribution in [2.75, 3.05) is 5.32 Å². The number of carboxylic acids is 1. The molecule has 0 amide bonds. The Kier molecular flexibility index (Phi) is 3.30. The summed E-state index contributed by atoms with van der Waals surface area (Å²) >= 11 is 1.33. The van der Waals surface area contributed by atoms with Gasteiger partial charge >= 0.3 is 5.97 Å². The van der Waals surface area contributed by atoms with Gasteiger partial charge in [0, 0.05) is 6.54 Å². The molecule has 0 unspecified atom stereocenters. The van der Waals surface area contributed by atoms with E-state index in [2.05, 4.69) is 15.3 Å². The minimum Gasteiger partial charge on any atom is -0.476 e. The van der Waals surface area contributed by atoms with Crippen LogP contribution < -0.4 is 5.32 Å². The molecule has 2 N–H and O–H groups in total. The van der Waals surface area contributed by atoms with Gasteiger partial charge in [-0.1, -0.05) is 30.3 Å². The van der Waals surface area contributed by atoms with Gasteiger partial charge in [-0.25, -0.2) is 14.8 Å². The lowest BCUT2D eigenvalue weighted by atomic mass is 10.2. The Balaban J connectivity index is 1.90. The number of hydrogen-bond acceptors (Lipinski definition) is 5. The van der Waals surface area contributed by atoms with Gasteiger partial charge in [-0.2, -0.15) is 0 Å². The van der Waals surface area contributed by atoms with Crippen LogP contribution in [0.1, 0.15) is 16.1 Å². The Morgan fingerprint density at radius 1 is 1.20 bits per heavy atom. The molecule has 3 rings (SSSR count). The molecule has 0 aliphatic carbocycles. The number of aromatic carboxylic acids is 1. The second-order valence-electron chi connectivity index (χ2n) is 4.18. The summed E-state index contributed by atoms with van der Waals surface area (Å²) in [6.07, 6.45) is 0. The number of hydrogen-bond donors (Lipinski definition) is 2. The fourth-order valence-corrected chi connectivity index (χ4v) is 2.68. The predicted octanol–water partition coefficient (Wildman–Crippen LogP) is 3.00. The Bertz CT molecular complexity index is 755. The lowest BCUT2D eigenvalue weighted by Gasteiger charge is -2.06. The average molecular weight is 285 g/mol. The van der Waals surface area contributed by atoms with Gasteiger partial charge in [-0.3, -0.25) is 0 Å². The van der Waals surface area contributed by atoms with Gasteiger partial charge in [-0.05, 0) is 17.0 Å². The fraction of sp³-hybridized carbons (Fsp3) is 0.0714. The topological polar surface area (TPSA) is 75.1 Å². The molecule has 0 atom stereocenters. The van der Waals surface area contributed by atoms with Gasteiger partial charge in [0.1, 0.15) is 0 Å². The third-order valence-electron chi connectivity index (χ3n) is 2.80. The summed E-state index contributed by atoms with van der Waals surface area (Å²) in [6, 6.07) is 11.6. The minimum atomic E-state index is -1.04. The lowest BCUT2D eigenvalue weighted by molar-refractivity contribution is 0.0693. The molecule has 0 spiro atoms. The van der Waals surface area contributed by atoms with E-state index in [9.17, 15) is 9.90 Å². The number of carboxylic acid groups (broad SMARTS) is 1. The highest BCUT2D eigenvalue weighted by molar-refractivity contribution is 7.17. The van der Waals surface area contributed by atoms with Crippen molar-refractivity contribution in [3.05, 3.63) is 53.0 Å². The number of nitrogens with zero attached hydrogens (tertiary/aromatic N) is 2. The van der Waals surface area contributed by atoms with Crippen LogP contribution in [-0.4, -0.2) is 21.0 Å². The van der Waals surface area contributed by atoms with Crippen LogP contribution in [0.4, 0.5) is 5.95 Å². The van der Waals surface area contributed by atoms with Crippen LogP contribution in [0, 0.1) is 0 Å². The van der Waals surface area contributed by atoms with Crippen molar-refractivity contribution in [3.8, 4) is 0 Å². The van der Waals surface area contributed by atoms with Gasteiger partial charge in [0.25, 0.3) is 0 Å². The Morgan fingerprint density at radius 3 is 2.75 bits per heavy atom. The Labute approximate surface area is 118 Å². The van der Waals surface area contributed by atoms with Crippen LogP contribution in [-0.2, 0) is 6.54 Å². The third-order valence-corrected chi connectivity index (χ3v) is 3.71. The molecule has 100 valence electrons. The molecule has 0 bridgehead atoms. The Hall–Kier alpha value is -2.47. The molecule has 0 saturated heterocycles. The molecule has 0 aliphatic heterocycles. The summed E-state index contributed by atoms with van der Waals surface area (Å²) in [5, 5.41) is 14.1. The third kappa shape index (κ3) is 2.46. The van der Waals surface area contributed by atoms with Crippen LogP contribution in [0.25, 0.3) is 10.2 Å². The van der Waals surface area contributed by atoms with Crippen molar-refractivity contribution in [1.29, 1.82) is 0 Å². The zero-order valence-corrected chi connectivity index (χ0v) is 11.2. The number of anilines is 1. The minimum absolute atomic E-state index is 0.0422. The van der Waals surface area contributed by atoms with E-state index >= 15 is 0 Å². The first-order valence-corrected chi connectivity index (χ1v) is 6.88. The summed E-state index contributed by atoms with van der Waals surface area (Å²) in [7, 11) is 0. The maximum Gasteiger partial charge on any atom is 0.356 e. The molecule has 0 radical (unpaired) electrons. The van der Waals surface area contributed by atoms with E-state index in [-0.39, 0.29) is 5.69 Å². The van der Waals surface area contributed by atoms with E-state index < -0.39 is 5.97 Å². The number of thiophene rings is 1. The largest absolute Gasteiger partial charge is 0.476 e. The summed E-state index contributed by atoms with van der Waals surface area (Å²) in [6.45, 7) is 0.551. The van der Waals surface area contributed by atoms with Crippen LogP contribution in [0.3, 0.4) is 0 Å². The van der Waals surface area contributed by atoms with Crippen molar-refractivity contribution in [3.63, 3.8) is 0 Å². The smallest absolute Gasteiger partial charge is 0.356 e. The summed E-state index contributed by atoms with van der Waals surface area (Å²) < 4.78 is 0.600. The maximum atomic E-state index is 11.2. The van der Waals surface area contributed by atoms with Gasteiger partial charge in [-0.15, -0.1) is 11.3 Å². The molecule has 0 aliphatic rings. The molecular weight excluding hydrogens is 274 g/mol. The van der Waals surface area contributed by atoms with Gasteiger partial charge in [0.05, 0.1) is 10.2 Å². The molecule has 2 heterocycles. The van der Waals surface area contributed by atoms with E-state index in [0.29, 0.717) is 22.7 Å². The number of benzene rings is 1. The summed E-state index contributed by atoms with van der Waals surface area (Å²) in [4.78, 5) is 19.6. The van der Waals surface area contributed by atoms with Crippen molar-refractivity contribution >= 4 is 33.5 Å². The van der Waals surface area contributed by atoms with Crippen molar-refractivity contribution in [2.24, 2.45) is 0 Å². The molecular formula is C14H11N3O2S. The standard InChI is InChI=1S/C14H11N3O2S/c18-13(19)11-12-10(6-7-20-12)16-14(17-11)15-8-9-4-2-1-3-5-9/h1-7H,8H2,(H,18,19)(H,15,16,17). The van der Waals surface area contributed by atoms with Crippen molar-refractivity contribution in [1.82, 2.24) is 9.97 Å². The molecule has 1 aromatic carbocycles. The number of carbonyl (C=O) groups is 1. The van der Waals surface area contributed by atoms with Gasteiger partial charge < -0.3 is 10.4 Å². The van der Waals surface area contributed by atoms with Gasteiger partial charge in [0.2, 0.25) is 5.95 Å². The predicted molar refractivity (Wildman–Crippen MR) is 78.1 cm³/mol. The SMILES string of the molecule is O=C(O)c1nc(NCc2ccccc2)nc2ccsc12. The van der Waals surface area contributed by atoms with E-state index in [0.717, 1.165) is 5.56 Å². The normalized spacial score (nSPS) is 10.6. The highest BCUT2D eigenvalue weighted by atomic mass is 32.1. The molecule has 20 heavy (non-hydrogen) atoms. The molecule has 6 heteroatoms. The number of fused-ring (bicyclic) bond motifs is 1. The number of aromatic nitrogens is 2. The first-order chi connectivity index (χ1) is 9.74. The number of rotatable bonds is 4. The fourth-order valence-electron chi connectivity index (χ4n) is 1.86. The van der Waals surface area contributed by atoms with Crippen molar-refractivity contribution < 1.29 is 9.90 Å². The zero-order valence-electron chi connectivity index (χ0n) is 10.4. The van der Waals surface area contributed by atoms with E-state index in [4.69, 9.17) is 0 Å². The van der Waals surface area contributed by atoms with Gasteiger partial charge in [0.15, 0.2) is 5.69 Å². The number of nitrogens with one attached hydrogen (secondary N) is 1. The monoisotopic (exact) mass is 285 g/mol. The first kappa shape index (κ1) is 12.6. The highest BCUT2D eigenvalue weighted by Gasteiger charge is 2.14. The highest BCUT2D eigenvalue weighted by Crippen LogP contribution is 2.23. The summed E-state index contributed by atoms with van der Waals surface area (Å²) in [5.74, 6) is -0.709. The van der Waals surface area contributed by atoms with Crippen molar-refractivity contribution in [2.45, 2.75) is 6.54 Å². The zero-order chi connectivity index (χ0) is 13.9. The molecule has 0 fully saturated rings. The quantitative estimate of drug-likeness (QED) is 0.770. The van der Waals surface area contributed by atoms with E-state index in [1.165, 1.54) is 11.3 Å². The molecule has 2 aromatic heterocycles. The maximum absolute atomic E-state index is 11.2. The second kappa shape index (κ2) is 5.26. The first-order valence-electron chi connectivity index (χ1n) is 6.00. The van der Waals surface area contributed by atoms with Crippen LogP contribution in [0.15, 0.2) is 41.8 Å². The van der Waals surface area contributed by atoms with E-state index in [1.54, 1.807) is 6.07 Å². The molecule has 5 nitrogen and oxygen atoms in total. The molecule has 0 saturated carbocycles. The second-order valence-corrected chi connectivity index (χ2v) is 5.09. The molecule has 3 aromatic rings. The Morgan fingerprint density at radius 2 is 2.00 bits per heavy atom. The average Bonchev–Trinajstić information content (AvgIpc) is 2.93. The van der Waals surface area contributed by atoms with Crippen LogP contribution >= 0.6 is 11.3 Å². The summed E-state index contributed by atoms with van der Waals surface area (Å²) in [5.41, 5.74) is 1.77. The lowest BCUT2D eigenvalue weighted by Crippen LogP contribution is -2.08. The van der Waals surface area contributed by atoms with Crippen LogP contribution in [0.5, 0.6) is 0 Å². The van der Waals surface area contributed by atoms with Crippen LogP contribution in [0.2, 0.25) is 0 Å².